The third-order valence-electron chi connectivity index (χ3n) is 4.96. The number of esters is 1. The third-order valence-corrected chi connectivity index (χ3v) is 4.96. The summed E-state index contributed by atoms with van der Waals surface area (Å²) in [6.45, 7) is 6.03. The second kappa shape index (κ2) is 10.4. The van der Waals surface area contributed by atoms with Gasteiger partial charge >= 0.3 is 12.1 Å². The van der Waals surface area contributed by atoms with E-state index in [1.165, 1.54) is 19.2 Å². The molecular weight excluding hydrogens is 439 g/mol. The van der Waals surface area contributed by atoms with Gasteiger partial charge in [0.2, 0.25) is 0 Å². The Hall–Kier alpha value is -3.88. The van der Waals surface area contributed by atoms with E-state index in [0.29, 0.717) is 29.2 Å². The molecule has 180 valence electrons. The van der Waals surface area contributed by atoms with Crippen LogP contribution in [-0.4, -0.2) is 47.4 Å². The Bertz CT molecular complexity index is 1150. The number of ether oxygens (including phenoxy) is 2. The monoisotopic (exact) mass is 468 g/mol. The van der Waals surface area contributed by atoms with Gasteiger partial charge in [-0.15, -0.1) is 0 Å². The fourth-order valence-electron chi connectivity index (χ4n) is 3.58. The predicted octanol–water partition coefficient (Wildman–Crippen LogP) is 4.62. The molecule has 2 N–H and O–H groups in total. The van der Waals surface area contributed by atoms with Crippen molar-refractivity contribution in [3.8, 4) is 22.3 Å². The van der Waals surface area contributed by atoms with E-state index < -0.39 is 17.7 Å². The van der Waals surface area contributed by atoms with Crippen molar-refractivity contribution in [1.29, 1.82) is 0 Å². The van der Waals surface area contributed by atoms with Crippen LogP contribution in [0.4, 0.5) is 15.0 Å². The highest BCUT2D eigenvalue weighted by Gasteiger charge is 2.28. The van der Waals surface area contributed by atoms with E-state index in [4.69, 9.17) is 9.47 Å². The number of hydrogen-bond acceptors (Lipinski definition) is 6. The zero-order valence-electron chi connectivity index (χ0n) is 19.9. The molecule has 0 saturated carbocycles. The molecule has 0 radical (unpaired) electrons. The fourth-order valence-corrected chi connectivity index (χ4v) is 3.58. The van der Waals surface area contributed by atoms with Crippen LogP contribution in [0, 0.1) is 5.82 Å². The number of aromatic nitrogens is 2. The number of methoxy groups -OCH3 is 1. The van der Waals surface area contributed by atoms with Crippen molar-refractivity contribution in [2.24, 2.45) is 7.05 Å². The molecule has 1 aromatic carbocycles. The van der Waals surface area contributed by atoms with Crippen LogP contribution in [0.15, 0.2) is 48.8 Å². The number of rotatable bonds is 7. The highest BCUT2D eigenvalue weighted by molar-refractivity contribution is 6.05. The lowest BCUT2D eigenvalue weighted by atomic mass is 9.96. The Morgan fingerprint density at radius 2 is 1.62 bits per heavy atom. The average molecular weight is 469 g/mol. The van der Waals surface area contributed by atoms with E-state index in [2.05, 4.69) is 15.6 Å². The van der Waals surface area contributed by atoms with Crippen molar-refractivity contribution < 1.29 is 23.5 Å². The summed E-state index contributed by atoms with van der Waals surface area (Å²) in [5, 5.41) is 6.01. The van der Waals surface area contributed by atoms with E-state index in [1.807, 2.05) is 12.1 Å². The van der Waals surface area contributed by atoms with Gasteiger partial charge in [-0.25, -0.2) is 14.0 Å². The maximum Gasteiger partial charge on any atom is 0.407 e. The molecule has 2 heterocycles. The molecule has 0 aliphatic heterocycles. The van der Waals surface area contributed by atoms with Gasteiger partial charge in [0.1, 0.15) is 22.9 Å². The lowest BCUT2D eigenvalue weighted by Crippen LogP contribution is -2.35. The van der Waals surface area contributed by atoms with Crippen LogP contribution in [0.25, 0.3) is 22.3 Å². The van der Waals surface area contributed by atoms with Crippen LogP contribution in [0.1, 0.15) is 31.3 Å². The quantitative estimate of drug-likeness (QED) is 0.388. The molecule has 0 spiro atoms. The second-order valence-corrected chi connectivity index (χ2v) is 8.60. The number of alkyl carbamates (subject to hydrolysis) is 1. The van der Waals surface area contributed by atoms with Gasteiger partial charge in [0.05, 0.1) is 7.11 Å². The highest BCUT2D eigenvalue weighted by Crippen LogP contribution is 2.42. The number of amides is 1. The minimum Gasteiger partial charge on any atom is -0.464 e. The minimum atomic E-state index is -0.594. The molecule has 0 atom stereocenters. The number of benzene rings is 1. The number of carbonyl (C=O) groups is 2. The maximum absolute atomic E-state index is 13.6. The summed E-state index contributed by atoms with van der Waals surface area (Å²) in [5.74, 6) is -0.273. The van der Waals surface area contributed by atoms with Crippen molar-refractivity contribution >= 4 is 17.9 Å². The molecular formula is C25H29FN4O4. The van der Waals surface area contributed by atoms with Crippen LogP contribution >= 0.6 is 0 Å². The lowest BCUT2D eigenvalue weighted by Gasteiger charge is -2.20. The number of pyridine rings is 1. The molecule has 3 aromatic rings. The third kappa shape index (κ3) is 5.72. The topological polar surface area (TPSA) is 94.5 Å². The smallest absolute Gasteiger partial charge is 0.407 e. The Kier molecular flexibility index (Phi) is 7.55. The first-order valence-electron chi connectivity index (χ1n) is 10.8. The first kappa shape index (κ1) is 24.8. The van der Waals surface area contributed by atoms with Gasteiger partial charge in [0.15, 0.2) is 0 Å². The summed E-state index contributed by atoms with van der Waals surface area (Å²) < 4.78 is 25.7. The SMILES string of the molecule is COC(=O)c1c(-c2ccc(F)cc2)c(-c2ccncc2)c(NCCNC(=O)OC(C)(C)C)n1C. The molecule has 0 bridgehead atoms. The van der Waals surface area contributed by atoms with E-state index in [0.717, 1.165) is 11.1 Å². The van der Waals surface area contributed by atoms with Crippen molar-refractivity contribution in [1.82, 2.24) is 14.9 Å². The van der Waals surface area contributed by atoms with Gasteiger partial charge < -0.3 is 24.7 Å². The summed E-state index contributed by atoms with van der Waals surface area (Å²) in [6, 6.07) is 9.58. The summed E-state index contributed by atoms with van der Waals surface area (Å²) in [6.07, 6.45) is 2.79. The Morgan fingerprint density at radius 1 is 1.00 bits per heavy atom. The molecule has 9 heteroatoms. The second-order valence-electron chi connectivity index (χ2n) is 8.60. The Labute approximate surface area is 198 Å². The van der Waals surface area contributed by atoms with E-state index >= 15 is 0 Å². The van der Waals surface area contributed by atoms with E-state index in [-0.39, 0.29) is 12.4 Å². The molecule has 8 nitrogen and oxygen atoms in total. The molecule has 0 aliphatic rings. The van der Waals surface area contributed by atoms with E-state index in [1.54, 1.807) is 56.9 Å². The van der Waals surface area contributed by atoms with Gasteiger partial charge in [0.25, 0.3) is 0 Å². The first-order valence-corrected chi connectivity index (χ1v) is 10.8. The summed E-state index contributed by atoms with van der Waals surface area (Å²) in [4.78, 5) is 28.9. The Morgan fingerprint density at radius 3 is 2.21 bits per heavy atom. The van der Waals surface area contributed by atoms with Crippen LogP contribution in [0.5, 0.6) is 0 Å². The fraction of sp³-hybridized carbons (Fsp3) is 0.320. The van der Waals surface area contributed by atoms with Gasteiger partial charge in [-0.1, -0.05) is 12.1 Å². The van der Waals surface area contributed by atoms with E-state index in [9.17, 15) is 14.0 Å². The highest BCUT2D eigenvalue weighted by atomic mass is 19.1. The predicted molar refractivity (Wildman–Crippen MR) is 128 cm³/mol. The van der Waals surface area contributed by atoms with Gasteiger partial charge in [0, 0.05) is 43.7 Å². The molecule has 0 saturated heterocycles. The van der Waals surface area contributed by atoms with Crippen molar-refractivity contribution in [2.75, 3.05) is 25.5 Å². The molecule has 3 rings (SSSR count). The van der Waals surface area contributed by atoms with Crippen molar-refractivity contribution in [3.63, 3.8) is 0 Å². The Balaban J connectivity index is 2.02. The number of hydrogen-bond donors (Lipinski definition) is 2. The molecule has 0 unspecified atom stereocenters. The number of anilines is 1. The zero-order chi connectivity index (χ0) is 24.9. The van der Waals surface area contributed by atoms with Crippen molar-refractivity contribution in [2.45, 2.75) is 26.4 Å². The van der Waals surface area contributed by atoms with Gasteiger partial charge in [-0.3, -0.25) is 4.98 Å². The van der Waals surface area contributed by atoms with Crippen LogP contribution in [-0.2, 0) is 16.5 Å². The number of nitrogens with zero attached hydrogens (tertiary/aromatic N) is 2. The lowest BCUT2D eigenvalue weighted by molar-refractivity contribution is 0.0528. The molecule has 34 heavy (non-hydrogen) atoms. The normalized spacial score (nSPS) is 11.1. The van der Waals surface area contributed by atoms with Crippen LogP contribution in [0.2, 0.25) is 0 Å². The summed E-state index contributed by atoms with van der Waals surface area (Å²) in [7, 11) is 3.06. The number of nitrogens with one attached hydrogen (secondary N) is 2. The average Bonchev–Trinajstić information content (AvgIpc) is 3.08. The van der Waals surface area contributed by atoms with Crippen LogP contribution in [0.3, 0.4) is 0 Å². The minimum absolute atomic E-state index is 0.287. The number of carbonyl (C=O) groups excluding carboxylic acids is 2. The maximum atomic E-state index is 13.6. The van der Waals surface area contributed by atoms with Gasteiger partial charge in [-0.05, 0) is 56.2 Å². The molecule has 0 aliphatic carbocycles. The summed E-state index contributed by atoms with van der Waals surface area (Å²) in [5.41, 5.74) is 2.51. The van der Waals surface area contributed by atoms with Gasteiger partial charge in [-0.2, -0.15) is 0 Å². The molecule has 0 fully saturated rings. The largest absolute Gasteiger partial charge is 0.464 e. The van der Waals surface area contributed by atoms with Crippen molar-refractivity contribution in [3.05, 3.63) is 60.3 Å². The first-order chi connectivity index (χ1) is 16.1. The number of halogens is 1. The van der Waals surface area contributed by atoms with Crippen LogP contribution < -0.4 is 10.6 Å². The molecule has 1 amide bonds. The summed E-state index contributed by atoms with van der Waals surface area (Å²) >= 11 is 0. The standard InChI is InChI=1S/C25H29FN4O4/c1-25(2,3)34-24(32)29-15-14-28-22-20(17-10-12-27-13-11-17)19(16-6-8-18(26)9-7-16)21(30(22)4)23(31)33-5/h6-13,28H,14-15H2,1-5H3,(H,29,32). The molecule has 2 aromatic heterocycles. The zero-order valence-corrected chi connectivity index (χ0v) is 19.9.